The third-order valence-corrected chi connectivity index (χ3v) is 9.91. The second kappa shape index (κ2) is 12.3. The predicted molar refractivity (Wildman–Crippen MR) is 151 cm³/mol. The quantitative estimate of drug-likeness (QED) is 0.287. The number of carbonyl (C=O) groups excluding carboxylic acids is 2. The van der Waals surface area contributed by atoms with E-state index in [4.69, 9.17) is 4.74 Å². The standard InChI is InChI=1S/C29H27F6N3O5S2/c1-2-5-21-27(43-17-13-22(45-15-17)29(33,34)35,26(42)38-14-20-16(7-11-44-20)12-19(38)25(40)41)8-4-10-37(21)24(39)23-18(28(30,31)32)6-3-9-36-23/h3,6-7,9,11,13,15,19,21H,2,4-5,8,10,12,14H2,1H3,(H,40,41)/t19?,21-,27-/m1/s1. The first-order chi connectivity index (χ1) is 21.2. The van der Waals surface area contributed by atoms with Gasteiger partial charge in [0.05, 0.1) is 18.2 Å². The first kappa shape index (κ1) is 32.7. The van der Waals surface area contributed by atoms with E-state index in [2.05, 4.69) is 4.98 Å². The summed E-state index contributed by atoms with van der Waals surface area (Å²) in [5.74, 6) is -3.64. The minimum absolute atomic E-state index is 0.0117. The van der Waals surface area contributed by atoms with E-state index in [9.17, 15) is 45.8 Å². The van der Waals surface area contributed by atoms with E-state index in [1.54, 1.807) is 18.4 Å². The molecule has 1 N–H and O–H groups in total. The number of nitrogens with zero attached hydrogens (tertiary/aromatic N) is 3. The van der Waals surface area contributed by atoms with E-state index in [0.717, 1.165) is 33.0 Å². The maximum absolute atomic E-state index is 14.7. The molecule has 2 amide bonds. The van der Waals surface area contributed by atoms with Crippen molar-refractivity contribution in [2.75, 3.05) is 6.54 Å². The molecule has 0 aliphatic carbocycles. The fraction of sp³-hybridized carbons (Fsp3) is 0.448. The monoisotopic (exact) mass is 675 g/mol. The van der Waals surface area contributed by atoms with Gasteiger partial charge in [0, 0.05) is 41.9 Å². The Bertz CT molecular complexity index is 1590. The molecule has 16 heteroatoms. The third kappa shape index (κ3) is 6.26. The number of pyridine rings is 1. The summed E-state index contributed by atoms with van der Waals surface area (Å²) < 4.78 is 88.5. The number of carboxylic acid groups (broad SMARTS) is 1. The van der Waals surface area contributed by atoms with E-state index < -0.39 is 64.0 Å². The topological polar surface area (TPSA) is 100 Å². The molecule has 0 aromatic carbocycles. The van der Waals surface area contributed by atoms with Crippen molar-refractivity contribution >= 4 is 40.5 Å². The molecule has 2 aliphatic heterocycles. The van der Waals surface area contributed by atoms with Crippen LogP contribution in [0.2, 0.25) is 0 Å². The zero-order valence-electron chi connectivity index (χ0n) is 23.7. The van der Waals surface area contributed by atoms with Crippen LogP contribution in [0.1, 0.15) is 64.0 Å². The summed E-state index contributed by atoms with van der Waals surface area (Å²) in [6.07, 6.45) is -8.44. The molecule has 0 saturated carbocycles. The van der Waals surface area contributed by atoms with Crippen LogP contribution in [0.5, 0.6) is 5.75 Å². The number of piperidine rings is 1. The number of hydrogen-bond donors (Lipinski definition) is 1. The SMILES string of the molecule is CCC[C@H]1N(C(=O)c2ncccc2C(F)(F)F)CCC[C@]1(Oc1csc(C(F)(F)F)c1)C(=O)N1Cc2sccc2CC1C(=O)O. The number of aromatic nitrogens is 1. The first-order valence-corrected chi connectivity index (χ1v) is 15.7. The highest BCUT2D eigenvalue weighted by atomic mass is 32.1. The molecule has 5 rings (SSSR count). The van der Waals surface area contributed by atoms with Crippen LogP contribution in [0.4, 0.5) is 26.3 Å². The maximum atomic E-state index is 14.7. The highest BCUT2D eigenvalue weighted by Gasteiger charge is 2.57. The van der Waals surface area contributed by atoms with Crippen molar-refractivity contribution < 1.29 is 50.6 Å². The van der Waals surface area contributed by atoms with Crippen LogP contribution in [0.15, 0.2) is 41.2 Å². The van der Waals surface area contributed by atoms with Gasteiger partial charge in [0.15, 0.2) is 0 Å². The van der Waals surface area contributed by atoms with Gasteiger partial charge in [0.2, 0.25) is 5.60 Å². The molecule has 45 heavy (non-hydrogen) atoms. The van der Waals surface area contributed by atoms with Crippen LogP contribution in [0.25, 0.3) is 0 Å². The largest absolute Gasteiger partial charge is 0.480 e. The minimum Gasteiger partial charge on any atom is -0.480 e. The van der Waals surface area contributed by atoms with Gasteiger partial charge >= 0.3 is 18.3 Å². The third-order valence-electron chi connectivity index (χ3n) is 8.00. The van der Waals surface area contributed by atoms with E-state index in [-0.39, 0.29) is 44.5 Å². The Balaban J connectivity index is 1.64. The minimum atomic E-state index is -4.93. The molecule has 3 atom stereocenters. The number of alkyl halides is 6. The van der Waals surface area contributed by atoms with E-state index in [0.29, 0.717) is 34.8 Å². The van der Waals surface area contributed by atoms with Gasteiger partial charge in [-0.05, 0) is 42.0 Å². The van der Waals surface area contributed by atoms with Crippen LogP contribution in [0.3, 0.4) is 0 Å². The van der Waals surface area contributed by atoms with Crippen molar-refractivity contribution in [1.29, 1.82) is 0 Å². The number of carboxylic acids is 1. The zero-order valence-corrected chi connectivity index (χ0v) is 25.3. The number of rotatable bonds is 7. The first-order valence-electron chi connectivity index (χ1n) is 13.9. The molecule has 1 saturated heterocycles. The van der Waals surface area contributed by atoms with Crippen molar-refractivity contribution in [2.24, 2.45) is 0 Å². The maximum Gasteiger partial charge on any atom is 0.425 e. The highest BCUT2D eigenvalue weighted by Crippen LogP contribution is 2.43. The van der Waals surface area contributed by atoms with Gasteiger partial charge in [0.1, 0.15) is 22.4 Å². The molecule has 3 aromatic heterocycles. The fourth-order valence-electron chi connectivity index (χ4n) is 6.02. The summed E-state index contributed by atoms with van der Waals surface area (Å²) in [5.41, 5.74) is -3.56. The zero-order chi connectivity index (χ0) is 32.7. The van der Waals surface area contributed by atoms with Crippen molar-refractivity contribution in [3.63, 3.8) is 0 Å². The van der Waals surface area contributed by atoms with Gasteiger partial charge < -0.3 is 19.6 Å². The highest BCUT2D eigenvalue weighted by molar-refractivity contribution is 7.10. The van der Waals surface area contributed by atoms with E-state index in [1.807, 2.05) is 0 Å². The number of carbonyl (C=O) groups is 3. The van der Waals surface area contributed by atoms with Crippen LogP contribution in [-0.4, -0.2) is 61.9 Å². The van der Waals surface area contributed by atoms with Gasteiger partial charge in [-0.3, -0.25) is 14.6 Å². The summed E-state index contributed by atoms with van der Waals surface area (Å²) in [5, 5.41) is 12.9. The molecule has 242 valence electrons. The number of likely N-dealkylation sites (tertiary alicyclic amines) is 1. The Labute approximate surface area is 261 Å². The number of halogens is 6. The summed E-state index contributed by atoms with van der Waals surface area (Å²) in [6.45, 7) is 1.49. The molecule has 1 unspecified atom stereocenters. The average Bonchev–Trinajstić information content (AvgIpc) is 3.65. The molecule has 5 heterocycles. The van der Waals surface area contributed by atoms with Crippen LogP contribution >= 0.6 is 22.7 Å². The van der Waals surface area contributed by atoms with Gasteiger partial charge in [-0.1, -0.05) is 13.3 Å². The number of ether oxygens (including phenoxy) is 1. The molecule has 1 fully saturated rings. The summed E-state index contributed by atoms with van der Waals surface area (Å²) in [7, 11) is 0. The molecule has 8 nitrogen and oxygen atoms in total. The lowest BCUT2D eigenvalue weighted by Crippen LogP contribution is -2.69. The van der Waals surface area contributed by atoms with Crippen LogP contribution in [0, 0.1) is 0 Å². The lowest BCUT2D eigenvalue weighted by Gasteiger charge is -2.50. The van der Waals surface area contributed by atoms with Crippen molar-refractivity contribution in [3.8, 4) is 5.75 Å². The Morgan fingerprint density at radius 2 is 1.87 bits per heavy atom. The van der Waals surface area contributed by atoms with Gasteiger partial charge in [-0.2, -0.15) is 26.3 Å². The number of thiophene rings is 2. The second-order valence-corrected chi connectivity index (χ2v) is 12.7. The Kier molecular flexibility index (Phi) is 8.92. The molecule has 2 aliphatic rings. The van der Waals surface area contributed by atoms with Crippen LogP contribution < -0.4 is 4.74 Å². The van der Waals surface area contributed by atoms with Gasteiger partial charge in [0.25, 0.3) is 11.8 Å². The van der Waals surface area contributed by atoms with Gasteiger partial charge in [-0.15, -0.1) is 22.7 Å². The Morgan fingerprint density at radius 1 is 1.11 bits per heavy atom. The molecule has 3 aromatic rings. The summed E-state index contributed by atoms with van der Waals surface area (Å²) >= 11 is 1.63. The predicted octanol–water partition coefficient (Wildman–Crippen LogP) is 6.50. The normalized spacial score (nSPS) is 22.2. The molecular weight excluding hydrogens is 648 g/mol. The number of fused-ring (bicyclic) bond motifs is 1. The number of hydrogen-bond acceptors (Lipinski definition) is 7. The van der Waals surface area contributed by atoms with Crippen LogP contribution in [-0.2, 0) is 34.9 Å². The smallest absolute Gasteiger partial charge is 0.425 e. The molecule has 0 bridgehead atoms. The molecule has 0 radical (unpaired) electrons. The van der Waals surface area contributed by atoms with Gasteiger partial charge in [-0.25, -0.2) is 4.79 Å². The van der Waals surface area contributed by atoms with Crippen molar-refractivity contribution in [2.45, 2.75) is 75.6 Å². The van der Waals surface area contributed by atoms with Crippen molar-refractivity contribution in [1.82, 2.24) is 14.8 Å². The lowest BCUT2D eigenvalue weighted by molar-refractivity contribution is -0.168. The molecular formula is C29H27F6N3O5S2. The Morgan fingerprint density at radius 3 is 2.51 bits per heavy atom. The Hall–Kier alpha value is -3.66. The second-order valence-electron chi connectivity index (χ2n) is 10.8. The summed E-state index contributed by atoms with van der Waals surface area (Å²) in [4.78, 5) is 46.6. The summed E-state index contributed by atoms with van der Waals surface area (Å²) in [6, 6.07) is 1.59. The molecule has 0 spiro atoms. The van der Waals surface area contributed by atoms with E-state index >= 15 is 0 Å². The fourth-order valence-corrected chi connectivity index (χ4v) is 7.61. The average molecular weight is 676 g/mol. The van der Waals surface area contributed by atoms with Crippen molar-refractivity contribution in [3.05, 3.63) is 67.8 Å². The van der Waals surface area contributed by atoms with E-state index in [1.165, 1.54) is 11.3 Å². The number of amides is 2. The number of aliphatic carboxylic acids is 1. The lowest BCUT2D eigenvalue weighted by atomic mass is 9.79.